The predicted octanol–water partition coefficient (Wildman–Crippen LogP) is 3.06. The number of halogens is 1. The molecule has 1 aromatic carbocycles. The molecule has 4 heteroatoms. The highest BCUT2D eigenvalue weighted by molar-refractivity contribution is 5.52. The number of rotatable bonds is 6. The van der Waals surface area contributed by atoms with E-state index in [1.54, 1.807) is 6.07 Å². The van der Waals surface area contributed by atoms with Gasteiger partial charge in [-0.25, -0.2) is 4.39 Å². The first kappa shape index (κ1) is 14.8. The molecule has 108 valence electrons. The molecule has 0 radical (unpaired) electrons. The zero-order valence-corrected chi connectivity index (χ0v) is 12.0. The molecule has 1 aliphatic heterocycles. The van der Waals surface area contributed by atoms with Crippen LogP contribution in [0.1, 0.15) is 38.2 Å². The summed E-state index contributed by atoms with van der Waals surface area (Å²) in [5.41, 5.74) is 1.21. The molecule has 0 amide bonds. The number of benzene rings is 1. The molecule has 1 saturated heterocycles. The highest BCUT2D eigenvalue weighted by Gasteiger charge is 2.18. The van der Waals surface area contributed by atoms with Crippen LogP contribution in [0.2, 0.25) is 0 Å². The van der Waals surface area contributed by atoms with E-state index >= 15 is 0 Å². The van der Waals surface area contributed by atoms with Gasteiger partial charge >= 0.3 is 0 Å². The van der Waals surface area contributed by atoms with Crippen LogP contribution in [0.4, 0.5) is 10.1 Å². The Labute approximate surface area is 120 Å². The van der Waals surface area contributed by atoms with Crippen LogP contribution in [-0.4, -0.2) is 25.7 Å². The van der Waals surface area contributed by atoms with Crippen molar-refractivity contribution in [1.29, 1.82) is 5.26 Å². The molecule has 1 N–H and O–H groups in total. The minimum Gasteiger partial charge on any atom is -0.370 e. The van der Waals surface area contributed by atoms with Gasteiger partial charge in [-0.1, -0.05) is 13.3 Å². The summed E-state index contributed by atoms with van der Waals surface area (Å²) < 4.78 is 13.6. The molecule has 1 fully saturated rings. The largest absolute Gasteiger partial charge is 0.370 e. The molecule has 2 rings (SSSR count). The number of hydrogen-bond donors (Lipinski definition) is 1. The van der Waals surface area contributed by atoms with Crippen molar-refractivity contribution in [3.05, 3.63) is 29.6 Å². The first-order valence-corrected chi connectivity index (χ1v) is 7.42. The van der Waals surface area contributed by atoms with Crippen LogP contribution in [0.3, 0.4) is 0 Å². The van der Waals surface area contributed by atoms with Crippen molar-refractivity contribution >= 4 is 5.69 Å². The van der Waals surface area contributed by atoms with Gasteiger partial charge in [0.25, 0.3) is 0 Å². The van der Waals surface area contributed by atoms with Crippen LogP contribution in [0.5, 0.6) is 0 Å². The molecular weight excluding hydrogens is 253 g/mol. The van der Waals surface area contributed by atoms with Crippen molar-refractivity contribution < 1.29 is 4.39 Å². The van der Waals surface area contributed by atoms with Gasteiger partial charge in [0, 0.05) is 24.8 Å². The molecular formula is C16H22FN3. The third kappa shape index (κ3) is 3.94. The molecule has 1 aliphatic rings. The van der Waals surface area contributed by atoms with Crippen molar-refractivity contribution in [1.82, 2.24) is 5.32 Å². The first-order chi connectivity index (χ1) is 9.72. The Hall–Kier alpha value is -1.60. The number of nitriles is 1. The smallest absolute Gasteiger partial charge is 0.126 e. The number of anilines is 1. The van der Waals surface area contributed by atoms with Gasteiger partial charge in [-0.15, -0.1) is 0 Å². The quantitative estimate of drug-likeness (QED) is 0.867. The van der Waals surface area contributed by atoms with E-state index in [0.29, 0.717) is 11.6 Å². The van der Waals surface area contributed by atoms with Crippen molar-refractivity contribution in [3.8, 4) is 6.07 Å². The van der Waals surface area contributed by atoms with Crippen LogP contribution in [-0.2, 0) is 0 Å². The number of nitrogens with zero attached hydrogens (tertiary/aromatic N) is 2. The Kier molecular flexibility index (Phi) is 5.37. The van der Waals surface area contributed by atoms with Gasteiger partial charge in [0.2, 0.25) is 0 Å². The summed E-state index contributed by atoms with van der Waals surface area (Å²) in [5, 5.41) is 12.5. The minimum atomic E-state index is -0.333. The Morgan fingerprint density at radius 1 is 1.45 bits per heavy atom. The van der Waals surface area contributed by atoms with Gasteiger partial charge in [-0.3, -0.25) is 0 Å². The number of nitrogens with one attached hydrogen (secondary N) is 1. The Balaban J connectivity index is 2.15. The predicted molar refractivity (Wildman–Crippen MR) is 79.3 cm³/mol. The topological polar surface area (TPSA) is 39.1 Å². The first-order valence-electron chi connectivity index (χ1n) is 7.42. The van der Waals surface area contributed by atoms with Gasteiger partial charge in [-0.05, 0) is 44.0 Å². The van der Waals surface area contributed by atoms with Crippen LogP contribution in [0.25, 0.3) is 0 Å². The van der Waals surface area contributed by atoms with Gasteiger partial charge in [0.1, 0.15) is 5.82 Å². The molecule has 3 nitrogen and oxygen atoms in total. The summed E-state index contributed by atoms with van der Waals surface area (Å²) in [6.45, 7) is 5.01. The van der Waals surface area contributed by atoms with E-state index in [1.165, 1.54) is 25.0 Å². The van der Waals surface area contributed by atoms with E-state index in [-0.39, 0.29) is 5.82 Å². The average molecular weight is 275 g/mol. The summed E-state index contributed by atoms with van der Waals surface area (Å²) in [5.74, 6) is -0.333. The maximum Gasteiger partial charge on any atom is 0.126 e. The van der Waals surface area contributed by atoms with Crippen LogP contribution < -0.4 is 10.2 Å². The molecule has 0 bridgehead atoms. The van der Waals surface area contributed by atoms with E-state index in [4.69, 9.17) is 5.26 Å². The lowest BCUT2D eigenvalue weighted by atomic mass is 10.1. The molecule has 1 aromatic rings. The minimum absolute atomic E-state index is 0.333. The second kappa shape index (κ2) is 7.25. The highest BCUT2D eigenvalue weighted by atomic mass is 19.1. The Morgan fingerprint density at radius 2 is 2.30 bits per heavy atom. The molecule has 20 heavy (non-hydrogen) atoms. The van der Waals surface area contributed by atoms with Crippen molar-refractivity contribution in [2.45, 2.75) is 38.6 Å². The maximum atomic E-state index is 13.6. The normalized spacial score (nSPS) is 17.9. The molecule has 0 spiro atoms. The lowest BCUT2D eigenvalue weighted by Crippen LogP contribution is -2.38. The highest BCUT2D eigenvalue weighted by Crippen LogP contribution is 2.21. The SMILES string of the molecule is CCCCN(CC1CCCN1)c1cc(F)cc(C#N)c1. The third-order valence-corrected chi connectivity index (χ3v) is 3.76. The number of hydrogen-bond acceptors (Lipinski definition) is 3. The Morgan fingerprint density at radius 3 is 2.95 bits per heavy atom. The standard InChI is InChI=1S/C16H22FN3/c1-2-3-7-20(12-15-5-4-6-19-15)16-9-13(11-18)8-14(17)10-16/h8-10,15,19H,2-7,12H2,1H3. The maximum absolute atomic E-state index is 13.6. The fourth-order valence-electron chi connectivity index (χ4n) is 2.67. The second-order valence-electron chi connectivity index (χ2n) is 5.40. The average Bonchev–Trinajstić information content (AvgIpc) is 2.95. The number of unbranched alkanes of at least 4 members (excludes halogenated alkanes) is 1. The molecule has 1 heterocycles. The summed E-state index contributed by atoms with van der Waals surface area (Å²) in [6.07, 6.45) is 4.56. The zero-order valence-electron chi connectivity index (χ0n) is 12.0. The second-order valence-corrected chi connectivity index (χ2v) is 5.40. The molecule has 0 aliphatic carbocycles. The van der Waals surface area contributed by atoms with E-state index in [2.05, 4.69) is 17.1 Å². The van der Waals surface area contributed by atoms with Crippen molar-refractivity contribution in [3.63, 3.8) is 0 Å². The van der Waals surface area contributed by atoms with Crippen molar-refractivity contribution in [2.75, 3.05) is 24.5 Å². The van der Waals surface area contributed by atoms with Crippen molar-refractivity contribution in [2.24, 2.45) is 0 Å². The van der Waals surface area contributed by atoms with Crippen LogP contribution in [0, 0.1) is 17.1 Å². The zero-order chi connectivity index (χ0) is 14.4. The molecule has 1 atom stereocenters. The van der Waals surface area contributed by atoms with Gasteiger partial charge in [0.05, 0.1) is 11.6 Å². The molecule has 0 saturated carbocycles. The Bertz CT molecular complexity index is 475. The van der Waals surface area contributed by atoms with Crippen LogP contribution in [0.15, 0.2) is 18.2 Å². The lowest BCUT2D eigenvalue weighted by molar-refractivity contribution is 0.569. The monoisotopic (exact) mass is 275 g/mol. The summed E-state index contributed by atoms with van der Waals surface area (Å²) in [4.78, 5) is 2.20. The van der Waals surface area contributed by atoms with E-state index in [9.17, 15) is 4.39 Å². The fraction of sp³-hybridized carbons (Fsp3) is 0.562. The summed E-state index contributed by atoms with van der Waals surface area (Å²) >= 11 is 0. The van der Waals surface area contributed by atoms with Gasteiger partial charge in [0.15, 0.2) is 0 Å². The summed E-state index contributed by atoms with van der Waals surface area (Å²) in [7, 11) is 0. The van der Waals surface area contributed by atoms with Crippen LogP contribution >= 0.6 is 0 Å². The molecule has 0 aromatic heterocycles. The van der Waals surface area contributed by atoms with Gasteiger partial charge < -0.3 is 10.2 Å². The fourth-order valence-corrected chi connectivity index (χ4v) is 2.67. The van der Waals surface area contributed by atoms with Gasteiger partial charge in [-0.2, -0.15) is 5.26 Å². The van der Waals surface area contributed by atoms with E-state index < -0.39 is 0 Å². The lowest BCUT2D eigenvalue weighted by Gasteiger charge is -2.28. The van der Waals surface area contributed by atoms with E-state index in [1.807, 2.05) is 6.07 Å². The summed E-state index contributed by atoms with van der Waals surface area (Å²) in [6, 6.07) is 7.11. The third-order valence-electron chi connectivity index (χ3n) is 3.76. The van der Waals surface area contributed by atoms with E-state index in [0.717, 1.165) is 38.2 Å². The molecule has 1 unspecified atom stereocenters.